The Morgan fingerprint density at radius 1 is 1.26 bits per heavy atom. The molecule has 4 heteroatoms. The first-order valence-electron chi connectivity index (χ1n) is 6.67. The van der Waals surface area contributed by atoms with Gasteiger partial charge in [-0.25, -0.2) is 0 Å². The summed E-state index contributed by atoms with van der Waals surface area (Å²) in [6.45, 7) is 3.62. The molecule has 1 aromatic heterocycles. The van der Waals surface area contributed by atoms with Crippen LogP contribution in [0.5, 0.6) is 5.75 Å². The molecule has 0 radical (unpaired) electrons. The van der Waals surface area contributed by atoms with E-state index in [2.05, 4.69) is 12.0 Å². The van der Waals surface area contributed by atoms with Crippen LogP contribution in [0.25, 0.3) is 0 Å². The Labute approximate surface area is 113 Å². The number of hydrogen-bond donors (Lipinski definition) is 1. The van der Waals surface area contributed by atoms with Gasteiger partial charge in [0.1, 0.15) is 5.75 Å². The molecule has 0 amide bonds. The first kappa shape index (κ1) is 13.6. The number of benzene rings is 1. The molecule has 0 bridgehead atoms. The smallest absolute Gasteiger partial charge is 0.119 e. The first-order valence-corrected chi connectivity index (χ1v) is 6.67. The second kappa shape index (κ2) is 6.95. The highest BCUT2D eigenvalue weighted by Gasteiger charge is 2.07. The summed E-state index contributed by atoms with van der Waals surface area (Å²) in [6, 6.07) is 9.81. The number of hydrogen-bond acceptors (Lipinski definition) is 3. The molecule has 0 saturated heterocycles. The van der Waals surface area contributed by atoms with Crippen LogP contribution in [0, 0.1) is 0 Å². The number of aliphatic hydroxyl groups excluding tert-OH is 1. The molecule has 0 spiro atoms. The fourth-order valence-electron chi connectivity index (χ4n) is 2.10. The molecule has 0 atom stereocenters. The van der Waals surface area contributed by atoms with Crippen LogP contribution in [0.4, 0.5) is 0 Å². The summed E-state index contributed by atoms with van der Waals surface area (Å²) < 4.78 is 7.60. The van der Waals surface area contributed by atoms with Crippen molar-refractivity contribution in [2.24, 2.45) is 0 Å². The predicted molar refractivity (Wildman–Crippen MR) is 74.1 cm³/mol. The van der Waals surface area contributed by atoms with Crippen molar-refractivity contribution in [3.8, 4) is 5.75 Å². The molecule has 0 aliphatic rings. The number of aryl methyl sites for hydroxylation is 1. The maximum Gasteiger partial charge on any atom is 0.119 e. The van der Waals surface area contributed by atoms with Crippen LogP contribution in [-0.2, 0) is 19.6 Å². The minimum atomic E-state index is 0.0592. The second-order valence-electron chi connectivity index (χ2n) is 4.37. The molecule has 1 aromatic carbocycles. The van der Waals surface area contributed by atoms with Crippen molar-refractivity contribution in [2.75, 3.05) is 6.61 Å². The average molecular weight is 260 g/mol. The zero-order valence-corrected chi connectivity index (χ0v) is 11.2. The number of aliphatic hydroxyl groups is 1. The molecule has 1 heterocycles. The van der Waals surface area contributed by atoms with Crippen molar-refractivity contribution in [1.82, 2.24) is 9.78 Å². The summed E-state index contributed by atoms with van der Waals surface area (Å²) in [5.74, 6) is 0.898. The SMILES string of the molecule is CCc1c(CO)cnn1CCCOc1ccccc1. The number of rotatable bonds is 7. The van der Waals surface area contributed by atoms with Crippen molar-refractivity contribution < 1.29 is 9.84 Å². The molecule has 0 aliphatic carbocycles. The van der Waals surface area contributed by atoms with Gasteiger partial charge in [-0.3, -0.25) is 4.68 Å². The molecule has 4 nitrogen and oxygen atoms in total. The number of para-hydroxylation sites is 1. The van der Waals surface area contributed by atoms with E-state index in [-0.39, 0.29) is 6.61 Å². The highest BCUT2D eigenvalue weighted by molar-refractivity contribution is 5.20. The van der Waals surface area contributed by atoms with Gasteiger partial charge >= 0.3 is 0 Å². The summed E-state index contributed by atoms with van der Waals surface area (Å²) >= 11 is 0. The lowest BCUT2D eigenvalue weighted by atomic mass is 10.2. The second-order valence-corrected chi connectivity index (χ2v) is 4.37. The average Bonchev–Trinajstić information content (AvgIpc) is 2.86. The third kappa shape index (κ3) is 3.58. The Morgan fingerprint density at radius 3 is 2.74 bits per heavy atom. The van der Waals surface area contributed by atoms with E-state index >= 15 is 0 Å². The molecule has 2 aromatic rings. The molecule has 102 valence electrons. The van der Waals surface area contributed by atoms with Crippen molar-refractivity contribution in [3.63, 3.8) is 0 Å². The molecule has 1 N–H and O–H groups in total. The lowest BCUT2D eigenvalue weighted by molar-refractivity contribution is 0.279. The predicted octanol–water partition coefficient (Wildman–Crippen LogP) is 2.41. The number of ether oxygens (including phenoxy) is 1. The zero-order valence-electron chi connectivity index (χ0n) is 11.2. The maximum atomic E-state index is 9.21. The Kier molecular flexibility index (Phi) is 4.98. The number of nitrogens with zero attached hydrogens (tertiary/aromatic N) is 2. The van der Waals surface area contributed by atoms with Crippen molar-refractivity contribution in [2.45, 2.75) is 32.9 Å². The molecule has 0 aliphatic heterocycles. The fraction of sp³-hybridized carbons (Fsp3) is 0.400. The molecule has 0 saturated carbocycles. The molecule has 0 unspecified atom stereocenters. The van der Waals surface area contributed by atoms with E-state index in [0.29, 0.717) is 6.61 Å². The molecule has 2 rings (SSSR count). The fourth-order valence-corrected chi connectivity index (χ4v) is 2.10. The van der Waals surface area contributed by atoms with Gasteiger partial charge in [0.05, 0.1) is 19.4 Å². The van der Waals surface area contributed by atoms with Gasteiger partial charge in [-0.05, 0) is 18.6 Å². The lowest BCUT2D eigenvalue weighted by Gasteiger charge is -2.08. The van der Waals surface area contributed by atoms with E-state index in [9.17, 15) is 5.11 Å². The standard InChI is InChI=1S/C15H20N2O2/c1-2-15-13(12-18)11-16-17(15)9-6-10-19-14-7-4-3-5-8-14/h3-5,7-8,11,18H,2,6,9-10,12H2,1H3. The van der Waals surface area contributed by atoms with Crippen molar-refractivity contribution >= 4 is 0 Å². The van der Waals surface area contributed by atoms with Gasteiger partial charge in [0, 0.05) is 24.2 Å². The summed E-state index contributed by atoms with van der Waals surface area (Å²) in [7, 11) is 0. The molecular formula is C15H20N2O2. The summed E-state index contributed by atoms with van der Waals surface area (Å²) in [4.78, 5) is 0. The Morgan fingerprint density at radius 2 is 2.05 bits per heavy atom. The minimum absolute atomic E-state index is 0.0592. The van der Waals surface area contributed by atoms with Crippen LogP contribution in [0.2, 0.25) is 0 Å². The van der Waals surface area contributed by atoms with Gasteiger partial charge in [-0.2, -0.15) is 5.10 Å². The maximum absolute atomic E-state index is 9.21. The van der Waals surface area contributed by atoms with E-state index in [4.69, 9.17) is 4.74 Å². The molecule has 19 heavy (non-hydrogen) atoms. The minimum Gasteiger partial charge on any atom is -0.494 e. The molecule has 0 fully saturated rings. The van der Waals surface area contributed by atoms with E-state index in [1.54, 1.807) is 6.20 Å². The van der Waals surface area contributed by atoms with Crippen LogP contribution in [0.3, 0.4) is 0 Å². The van der Waals surface area contributed by atoms with Crippen LogP contribution >= 0.6 is 0 Å². The monoisotopic (exact) mass is 260 g/mol. The third-order valence-electron chi connectivity index (χ3n) is 3.07. The van der Waals surface area contributed by atoms with Gasteiger partial charge in [0.25, 0.3) is 0 Å². The summed E-state index contributed by atoms with van der Waals surface area (Å²) in [6.07, 6.45) is 3.53. The van der Waals surface area contributed by atoms with Crippen LogP contribution < -0.4 is 4.74 Å². The van der Waals surface area contributed by atoms with Crippen molar-refractivity contribution in [3.05, 3.63) is 47.8 Å². The third-order valence-corrected chi connectivity index (χ3v) is 3.07. The van der Waals surface area contributed by atoms with E-state index in [1.807, 2.05) is 35.0 Å². The van der Waals surface area contributed by atoms with Gasteiger partial charge in [-0.1, -0.05) is 25.1 Å². The lowest BCUT2D eigenvalue weighted by Crippen LogP contribution is -2.09. The van der Waals surface area contributed by atoms with Gasteiger partial charge in [-0.15, -0.1) is 0 Å². The highest BCUT2D eigenvalue weighted by atomic mass is 16.5. The normalized spacial score (nSPS) is 10.6. The van der Waals surface area contributed by atoms with Gasteiger partial charge < -0.3 is 9.84 Å². The van der Waals surface area contributed by atoms with Crippen LogP contribution in [0.15, 0.2) is 36.5 Å². The topological polar surface area (TPSA) is 47.3 Å². The first-order chi connectivity index (χ1) is 9.35. The Balaban J connectivity index is 1.81. The van der Waals surface area contributed by atoms with E-state index in [1.165, 1.54) is 0 Å². The van der Waals surface area contributed by atoms with Gasteiger partial charge in [0.2, 0.25) is 0 Å². The number of aromatic nitrogens is 2. The van der Waals surface area contributed by atoms with Crippen LogP contribution in [-0.4, -0.2) is 21.5 Å². The summed E-state index contributed by atoms with van der Waals surface area (Å²) in [5.41, 5.74) is 2.04. The van der Waals surface area contributed by atoms with E-state index in [0.717, 1.165) is 36.4 Å². The largest absolute Gasteiger partial charge is 0.494 e. The Hall–Kier alpha value is -1.81. The van der Waals surface area contributed by atoms with E-state index < -0.39 is 0 Å². The zero-order chi connectivity index (χ0) is 13.5. The summed E-state index contributed by atoms with van der Waals surface area (Å²) in [5, 5.41) is 13.5. The Bertz CT molecular complexity index is 494. The molecular weight excluding hydrogens is 240 g/mol. The van der Waals surface area contributed by atoms with Crippen LogP contribution in [0.1, 0.15) is 24.6 Å². The van der Waals surface area contributed by atoms with Gasteiger partial charge in [0.15, 0.2) is 0 Å². The quantitative estimate of drug-likeness (QED) is 0.778. The van der Waals surface area contributed by atoms with Crippen molar-refractivity contribution in [1.29, 1.82) is 0 Å². The highest BCUT2D eigenvalue weighted by Crippen LogP contribution is 2.11.